The number of rotatable bonds is 5. The van der Waals surface area contributed by atoms with Crippen LogP contribution >= 0.6 is 0 Å². The standard InChI is InChI=1S/C16H17F2N5O3/c17-13-3-1-2-12(16(13)18)10-20-6-8-21(9-7-20)15(24)11-22-5-4-14(19-22)23(25)26/h1-5H,6-11H2. The monoisotopic (exact) mass is 365 g/mol. The Morgan fingerprint density at radius 1 is 1.19 bits per heavy atom. The van der Waals surface area contributed by atoms with E-state index in [4.69, 9.17) is 0 Å². The zero-order valence-electron chi connectivity index (χ0n) is 13.8. The van der Waals surface area contributed by atoms with Gasteiger partial charge in [-0.3, -0.25) is 9.69 Å². The molecule has 1 aromatic carbocycles. The van der Waals surface area contributed by atoms with Crippen molar-refractivity contribution in [3.05, 3.63) is 57.8 Å². The van der Waals surface area contributed by atoms with E-state index >= 15 is 0 Å². The van der Waals surface area contributed by atoms with Gasteiger partial charge in [0.1, 0.15) is 6.54 Å². The van der Waals surface area contributed by atoms with E-state index < -0.39 is 16.6 Å². The molecule has 0 spiro atoms. The van der Waals surface area contributed by atoms with E-state index in [2.05, 4.69) is 5.10 Å². The summed E-state index contributed by atoms with van der Waals surface area (Å²) in [6.07, 6.45) is 1.39. The summed E-state index contributed by atoms with van der Waals surface area (Å²) in [4.78, 5) is 25.8. The second-order valence-electron chi connectivity index (χ2n) is 6.00. The Kier molecular flexibility index (Phi) is 5.21. The molecule has 1 saturated heterocycles. The van der Waals surface area contributed by atoms with Crippen LogP contribution in [-0.2, 0) is 17.9 Å². The molecule has 0 atom stereocenters. The molecule has 3 rings (SSSR count). The first-order valence-corrected chi connectivity index (χ1v) is 8.05. The predicted molar refractivity (Wildman–Crippen MR) is 87.1 cm³/mol. The maximum Gasteiger partial charge on any atom is 0.389 e. The van der Waals surface area contributed by atoms with E-state index in [-0.39, 0.29) is 30.4 Å². The van der Waals surface area contributed by atoms with Gasteiger partial charge in [-0.2, -0.15) is 4.68 Å². The van der Waals surface area contributed by atoms with Crippen molar-refractivity contribution >= 4 is 11.7 Å². The number of hydrogen-bond donors (Lipinski definition) is 0. The van der Waals surface area contributed by atoms with E-state index in [1.165, 1.54) is 23.0 Å². The summed E-state index contributed by atoms with van der Waals surface area (Å²) in [6, 6.07) is 5.32. The Balaban J connectivity index is 1.52. The zero-order valence-corrected chi connectivity index (χ0v) is 13.8. The Morgan fingerprint density at radius 3 is 2.58 bits per heavy atom. The number of carbonyl (C=O) groups excluding carboxylic acids is 1. The lowest BCUT2D eigenvalue weighted by molar-refractivity contribution is -0.389. The number of halogens is 2. The largest absolute Gasteiger partial charge is 0.389 e. The highest BCUT2D eigenvalue weighted by Gasteiger charge is 2.23. The molecule has 2 heterocycles. The van der Waals surface area contributed by atoms with Crippen LogP contribution in [0.2, 0.25) is 0 Å². The van der Waals surface area contributed by atoms with Gasteiger partial charge in [-0.05, 0) is 11.0 Å². The molecule has 0 unspecified atom stereocenters. The molecule has 8 nitrogen and oxygen atoms in total. The molecule has 0 bridgehead atoms. The summed E-state index contributed by atoms with van der Waals surface area (Å²) < 4.78 is 28.2. The topological polar surface area (TPSA) is 84.5 Å². The van der Waals surface area contributed by atoms with Gasteiger partial charge in [0.05, 0.1) is 17.4 Å². The highest BCUT2D eigenvalue weighted by Crippen LogP contribution is 2.15. The van der Waals surface area contributed by atoms with Crippen molar-refractivity contribution < 1.29 is 18.5 Å². The number of amides is 1. The fourth-order valence-corrected chi connectivity index (χ4v) is 2.84. The third-order valence-corrected chi connectivity index (χ3v) is 4.26. The molecular formula is C16H17F2N5O3. The molecule has 0 saturated carbocycles. The number of nitro groups is 1. The predicted octanol–water partition coefficient (Wildman–Crippen LogP) is 1.41. The van der Waals surface area contributed by atoms with Crippen LogP contribution in [0.5, 0.6) is 0 Å². The minimum absolute atomic E-state index is 0.0770. The maximum absolute atomic E-state index is 13.7. The van der Waals surface area contributed by atoms with E-state index in [0.717, 1.165) is 6.07 Å². The van der Waals surface area contributed by atoms with Crippen LogP contribution in [0.3, 0.4) is 0 Å². The lowest BCUT2D eigenvalue weighted by Gasteiger charge is -2.34. The molecule has 26 heavy (non-hydrogen) atoms. The van der Waals surface area contributed by atoms with Gasteiger partial charge in [-0.15, -0.1) is 0 Å². The van der Waals surface area contributed by atoms with E-state index in [0.29, 0.717) is 26.2 Å². The molecule has 10 heteroatoms. The SMILES string of the molecule is O=C(Cn1ccc([N+](=O)[O-])n1)N1CCN(Cc2cccc(F)c2F)CC1. The molecule has 0 aliphatic carbocycles. The van der Waals surface area contributed by atoms with Gasteiger partial charge < -0.3 is 15.0 Å². The van der Waals surface area contributed by atoms with Gasteiger partial charge >= 0.3 is 5.82 Å². The Morgan fingerprint density at radius 2 is 1.92 bits per heavy atom. The van der Waals surface area contributed by atoms with Gasteiger partial charge in [-0.1, -0.05) is 12.1 Å². The Labute approximate surface area is 147 Å². The summed E-state index contributed by atoms with van der Waals surface area (Å²) in [7, 11) is 0. The third kappa shape index (κ3) is 4.02. The average molecular weight is 365 g/mol. The molecule has 2 aromatic rings. The molecule has 138 valence electrons. The van der Waals surface area contributed by atoms with Gasteiger partial charge in [-0.25, -0.2) is 8.78 Å². The molecule has 1 aliphatic rings. The first-order valence-electron chi connectivity index (χ1n) is 8.05. The lowest BCUT2D eigenvalue weighted by atomic mass is 10.1. The molecule has 0 N–H and O–H groups in total. The van der Waals surface area contributed by atoms with Gasteiger partial charge in [0.2, 0.25) is 5.91 Å². The number of piperazine rings is 1. The van der Waals surface area contributed by atoms with Crippen molar-refractivity contribution in [1.29, 1.82) is 0 Å². The van der Waals surface area contributed by atoms with Crippen LogP contribution in [0.15, 0.2) is 30.5 Å². The van der Waals surface area contributed by atoms with Crippen LogP contribution in [0.1, 0.15) is 5.56 Å². The Hall–Kier alpha value is -2.88. The van der Waals surface area contributed by atoms with E-state index in [1.54, 1.807) is 11.0 Å². The van der Waals surface area contributed by atoms with Gasteiger partial charge in [0.25, 0.3) is 0 Å². The van der Waals surface area contributed by atoms with Crippen LogP contribution < -0.4 is 0 Å². The number of aromatic nitrogens is 2. The highest BCUT2D eigenvalue weighted by atomic mass is 19.2. The van der Waals surface area contributed by atoms with Crippen LogP contribution in [0, 0.1) is 21.7 Å². The summed E-state index contributed by atoms with van der Waals surface area (Å²) in [5.74, 6) is -2.21. The maximum atomic E-state index is 13.7. The molecule has 1 aliphatic heterocycles. The van der Waals surface area contributed by atoms with E-state index in [1.807, 2.05) is 4.90 Å². The Bertz CT molecular complexity index is 818. The molecule has 1 aromatic heterocycles. The summed E-state index contributed by atoms with van der Waals surface area (Å²) in [6.45, 7) is 2.14. The third-order valence-electron chi connectivity index (χ3n) is 4.26. The van der Waals surface area contributed by atoms with E-state index in [9.17, 15) is 23.7 Å². The second kappa shape index (κ2) is 7.56. The van der Waals surface area contributed by atoms with Crippen LogP contribution in [0.4, 0.5) is 14.6 Å². The fraction of sp³-hybridized carbons (Fsp3) is 0.375. The minimum Gasteiger partial charge on any atom is -0.358 e. The summed E-state index contributed by atoms with van der Waals surface area (Å²) in [5, 5.41) is 14.3. The average Bonchev–Trinajstić information content (AvgIpc) is 3.08. The summed E-state index contributed by atoms with van der Waals surface area (Å²) >= 11 is 0. The van der Waals surface area contributed by atoms with Gasteiger partial charge in [0.15, 0.2) is 11.6 Å². The number of benzene rings is 1. The van der Waals surface area contributed by atoms with Crippen molar-refractivity contribution in [2.75, 3.05) is 26.2 Å². The van der Waals surface area contributed by atoms with Crippen LogP contribution in [0.25, 0.3) is 0 Å². The summed E-state index contributed by atoms with van der Waals surface area (Å²) in [5.41, 5.74) is 0.286. The fourth-order valence-electron chi connectivity index (χ4n) is 2.84. The van der Waals surface area contributed by atoms with Crippen molar-refractivity contribution in [2.45, 2.75) is 13.1 Å². The second-order valence-corrected chi connectivity index (χ2v) is 6.00. The normalized spacial score (nSPS) is 15.2. The lowest BCUT2D eigenvalue weighted by Crippen LogP contribution is -2.49. The molecule has 1 fully saturated rings. The molecule has 0 radical (unpaired) electrons. The molecule has 1 amide bonds. The number of carbonyl (C=O) groups is 1. The van der Waals surface area contributed by atoms with Crippen molar-refractivity contribution in [3.63, 3.8) is 0 Å². The van der Waals surface area contributed by atoms with Crippen molar-refractivity contribution in [2.24, 2.45) is 0 Å². The minimum atomic E-state index is -0.871. The quantitative estimate of drug-likeness (QED) is 0.591. The zero-order chi connectivity index (χ0) is 18.7. The van der Waals surface area contributed by atoms with Crippen molar-refractivity contribution in [3.8, 4) is 0 Å². The molecular weight excluding hydrogens is 348 g/mol. The highest BCUT2D eigenvalue weighted by molar-refractivity contribution is 5.76. The smallest absolute Gasteiger partial charge is 0.358 e. The number of nitrogens with zero attached hydrogens (tertiary/aromatic N) is 5. The number of hydrogen-bond acceptors (Lipinski definition) is 5. The van der Waals surface area contributed by atoms with Gasteiger partial charge in [0, 0.05) is 38.3 Å². The van der Waals surface area contributed by atoms with Crippen LogP contribution in [-0.4, -0.2) is 56.6 Å². The first kappa shape index (κ1) is 17.9. The first-order chi connectivity index (χ1) is 12.4. The van der Waals surface area contributed by atoms with Crippen molar-refractivity contribution in [1.82, 2.24) is 19.6 Å².